The molecule has 1 heterocycles. The van der Waals surface area contributed by atoms with Gasteiger partial charge in [-0.3, -0.25) is 19.2 Å². The number of nitrogens with two attached hydrogens (primary N) is 2. The number of phenolic OH excluding ortho intramolecular Hbond substituents is 1. The lowest BCUT2D eigenvalue weighted by Crippen LogP contribution is -2.58. The number of phenols is 1. The van der Waals surface area contributed by atoms with Gasteiger partial charge in [-0.2, -0.15) is 0 Å². The van der Waals surface area contributed by atoms with E-state index in [-0.39, 0.29) is 30.9 Å². The number of carboxylic acid groups (broad SMARTS) is 1. The minimum absolute atomic E-state index is 0.00404. The van der Waals surface area contributed by atoms with Crippen LogP contribution >= 0.6 is 0 Å². The average molecular weight is 546 g/mol. The van der Waals surface area contributed by atoms with E-state index in [1.165, 1.54) is 24.7 Å². The van der Waals surface area contributed by atoms with Gasteiger partial charge in [0, 0.05) is 24.7 Å². The van der Waals surface area contributed by atoms with Crippen molar-refractivity contribution < 1.29 is 34.2 Å². The van der Waals surface area contributed by atoms with Crippen molar-refractivity contribution in [3.63, 3.8) is 0 Å². The molecule has 14 nitrogen and oxygen atoms in total. The first-order chi connectivity index (χ1) is 18.3. The smallest absolute Gasteiger partial charge is 0.326 e. The highest BCUT2D eigenvalue weighted by atomic mass is 16.4. The summed E-state index contributed by atoms with van der Waals surface area (Å²) in [4.78, 5) is 68.6. The second kappa shape index (κ2) is 14.5. The minimum atomic E-state index is -1.57. The van der Waals surface area contributed by atoms with Crippen LogP contribution < -0.4 is 27.4 Å². The minimum Gasteiger partial charge on any atom is -0.508 e. The highest BCUT2D eigenvalue weighted by Gasteiger charge is 2.31. The number of amides is 4. The Bertz CT molecular complexity index is 1140. The Kier molecular flexibility index (Phi) is 11.4. The van der Waals surface area contributed by atoms with Gasteiger partial charge in [0.1, 0.15) is 23.9 Å². The Balaban J connectivity index is 2.23. The third-order valence-electron chi connectivity index (χ3n) is 5.70. The Labute approximate surface area is 224 Å². The standard InChI is InChI=1S/C25H35N7O7/c1-13(2)7-18(23(36)32-20(25(38)39)10-21(27)34)31-24(37)19(8-14-3-5-16(33)6-4-14)30-22(35)17(26)9-15-11-28-12-29-15/h3-6,11-13,17-20,33H,7-10,26H2,1-2H3,(H2,27,34)(H,28,29)(H,30,35)(H,31,37)(H,32,36)(H,38,39). The summed E-state index contributed by atoms with van der Waals surface area (Å²) in [5.74, 6) is -4.61. The lowest BCUT2D eigenvalue weighted by atomic mass is 10.00. The van der Waals surface area contributed by atoms with Crippen LogP contribution in [0.3, 0.4) is 0 Å². The maximum absolute atomic E-state index is 13.4. The van der Waals surface area contributed by atoms with Gasteiger partial charge in [-0.05, 0) is 30.0 Å². The molecule has 0 fully saturated rings. The molecular weight excluding hydrogens is 510 g/mol. The van der Waals surface area contributed by atoms with Crippen LogP contribution in [0.25, 0.3) is 0 Å². The number of carboxylic acids is 1. The Morgan fingerprint density at radius 2 is 1.51 bits per heavy atom. The van der Waals surface area contributed by atoms with Gasteiger partial charge in [0.2, 0.25) is 23.6 Å². The maximum atomic E-state index is 13.4. The van der Waals surface area contributed by atoms with Crippen molar-refractivity contribution in [3.05, 3.63) is 48.0 Å². The number of aliphatic carboxylic acids is 1. The number of aromatic hydroxyl groups is 1. The van der Waals surface area contributed by atoms with Crippen LogP contribution in [0.2, 0.25) is 0 Å². The van der Waals surface area contributed by atoms with Gasteiger partial charge in [-0.15, -0.1) is 0 Å². The SMILES string of the molecule is CC(C)CC(NC(=O)C(Cc1ccc(O)cc1)NC(=O)C(N)Cc1cnc[nH]1)C(=O)NC(CC(N)=O)C(=O)O. The number of hydrogen-bond acceptors (Lipinski definition) is 8. The van der Waals surface area contributed by atoms with Gasteiger partial charge < -0.3 is 42.6 Å². The second-order valence-corrected chi connectivity index (χ2v) is 9.58. The molecule has 212 valence electrons. The number of rotatable bonds is 15. The molecule has 4 atom stereocenters. The van der Waals surface area contributed by atoms with Gasteiger partial charge in [0.25, 0.3) is 0 Å². The zero-order valence-corrected chi connectivity index (χ0v) is 21.7. The number of aromatic nitrogens is 2. The lowest BCUT2D eigenvalue weighted by molar-refractivity contribution is -0.143. The fourth-order valence-electron chi connectivity index (χ4n) is 3.73. The highest BCUT2D eigenvalue weighted by Crippen LogP contribution is 2.13. The molecule has 10 N–H and O–H groups in total. The Morgan fingerprint density at radius 3 is 2.05 bits per heavy atom. The second-order valence-electron chi connectivity index (χ2n) is 9.58. The van der Waals surface area contributed by atoms with Gasteiger partial charge in [-0.1, -0.05) is 26.0 Å². The summed E-state index contributed by atoms with van der Waals surface area (Å²) in [7, 11) is 0. The molecule has 0 saturated carbocycles. The number of nitrogens with one attached hydrogen (secondary N) is 4. The molecular formula is C25H35N7O7. The van der Waals surface area contributed by atoms with Gasteiger partial charge in [-0.25, -0.2) is 9.78 Å². The molecule has 39 heavy (non-hydrogen) atoms. The largest absolute Gasteiger partial charge is 0.508 e. The number of imidazole rings is 1. The van der Waals surface area contributed by atoms with E-state index >= 15 is 0 Å². The summed E-state index contributed by atoms with van der Waals surface area (Å²) >= 11 is 0. The average Bonchev–Trinajstić information content (AvgIpc) is 3.36. The zero-order chi connectivity index (χ0) is 29.1. The molecule has 0 saturated heterocycles. The molecule has 2 aromatic rings. The summed E-state index contributed by atoms with van der Waals surface area (Å²) in [5, 5.41) is 26.4. The number of primary amides is 1. The first-order valence-electron chi connectivity index (χ1n) is 12.3. The topological polar surface area (TPSA) is 243 Å². The molecule has 1 aromatic heterocycles. The number of carbonyl (C=O) groups excluding carboxylic acids is 4. The normalized spacial score (nSPS) is 14.1. The van der Waals surface area contributed by atoms with E-state index in [1.807, 2.05) is 0 Å². The summed E-state index contributed by atoms with van der Waals surface area (Å²) in [6.07, 6.45) is 2.61. The van der Waals surface area contributed by atoms with Gasteiger partial charge >= 0.3 is 5.97 Å². The van der Waals surface area contributed by atoms with Crippen molar-refractivity contribution in [2.45, 2.75) is 63.7 Å². The van der Waals surface area contributed by atoms with Crippen LogP contribution in [0.1, 0.15) is 37.9 Å². The number of aromatic amines is 1. The summed E-state index contributed by atoms with van der Waals surface area (Å²) in [5.41, 5.74) is 12.3. The third kappa shape index (κ3) is 10.4. The van der Waals surface area contributed by atoms with Crippen LogP contribution in [0.5, 0.6) is 5.75 Å². The molecule has 0 bridgehead atoms. The zero-order valence-electron chi connectivity index (χ0n) is 21.7. The number of hydrogen-bond donors (Lipinski definition) is 8. The van der Waals surface area contributed by atoms with Crippen LogP contribution in [0, 0.1) is 5.92 Å². The molecule has 2 rings (SSSR count). The first-order valence-corrected chi connectivity index (χ1v) is 12.3. The molecule has 14 heteroatoms. The van der Waals surface area contributed by atoms with E-state index in [2.05, 4.69) is 25.9 Å². The van der Waals surface area contributed by atoms with E-state index in [9.17, 15) is 34.2 Å². The van der Waals surface area contributed by atoms with Crippen molar-refractivity contribution >= 4 is 29.6 Å². The fourth-order valence-corrected chi connectivity index (χ4v) is 3.73. The van der Waals surface area contributed by atoms with Crippen molar-refractivity contribution in [2.24, 2.45) is 17.4 Å². The fraction of sp³-hybridized carbons (Fsp3) is 0.440. The van der Waals surface area contributed by atoms with Crippen molar-refractivity contribution in [2.75, 3.05) is 0 Å². The highest BCUT2D eigenvalue weighted by molar-refractivity contribution is 5.95. The summed E-state index contributed by atoms with van der Waals surface area (Å²) in [6, 6.07) is 1.07. The van der Waals surface area contributed by atoms with Crippen molar-refractivity contribution in [3.8, 4) is 5.75 Å². The number of carbonyl (C=O) groups is 5. The van der Waals surface area contributed by atoms with Crippen LogP contribution in [0.4, 0.5) is 0 Å². The third-order valence-corrected chi connectivity index (χ3v) is 5.70. The Hall–Kier alpha value is -4.46. The van der Waals surface area contributed by atoms with Gasteiger partial charge in [0.15, 0.2) is 0 Å². The quantitative estimate of drug-likeness (QED) is 0.132. The Morgan fingerprint density at radius 1 is 0.923 bits per heavy atom. The van der Waals surface area contributed by atoms with E-state index in [4.69, 9.17) is 11.5 Å². The number of nitrogens with zero attached hydrogens (tertiary/aromatic N) is 1. The maximum Gasteiger partial charge on any atom is 0.326 e. The van der Waals surface area contributed by atoms with Crippen molar-refractivity contribution in [1.29, 1.82) is 0 Å². The van der Waals surface area contributed by atoms with Crippen LogP contribution in [0.15, 0.2) is 36.8 Å². The van der Waals surface area contributed by atoms with E-state index in [0.29, 0.717) is 11.3 Å². The molecule has 0 radical (unpaired) electrons. The predicted molar refractivity (Wildman–Crippen MR) is 139 cm³/mol. The predicted octanol–water partition coefficient (Wildman–Crippen LogP) is -1.31. The molecule has 4 amide bonds. The van der Waals surface area contributed by atoms with E-state index < -0.39 is 60.2 Å². The van der Waals surface area contributed by atoms with Gasteiger partial charge in [0.05, 0.1) is 18.8 Å². The van der Waals surface area contributed by atoms with Crippen LogP contribution in [-0.4, -0.2) is 73.9 Å². The monoisotopic (exact) mass is 545 g/mol. The van der Waals surface area contributed by atoms with Crippen molar-refractivity contribution in [1.82, 2.24) is 25.9 Å². The molecule has 0 aliphatic heterocycles. The first kappa shape index (κ1) is 30.8. The summed E-state index contributed by atoms with van der Waals surface area (Å²) < 4.78 is 0. The molecule has 1 aromatic carbocycles. The lowest BCUT2D eigenvalue weighted by Gasteiger charge is -2.26. The van der Waals surface area contributed by atoms with E-state index in [0.717, 1.165) is 0 Å². The summed E-state index contributed by atoms with van der Waals surface area (Å²) in [6.45, 7) is 3.60. The molecule has 4 unspecified atom stereocenters. The number of H-pyrrole nitrogens is 1. The molecule has 0 aliphatic carbocycles. The molecule has 0 spiro atoms. The number of benzene rings is 1. The molecule has 0 aliphatic rings. The van der Waals surface area contributed by atoms with Crippen LogP contribution in [-0.2, 0) is 36.8 Å². The van der Waals surface area contributed by atoms with E-state index in [1.54, 1.807) is 26.0 Å².